The first-order valence-corrected chi connectivity index (χ1v) is 8.98. The molecular weight excluding hydrogens is 325 g/mol. The number of rotatable bonds is 9. The number of carbonyl (C=O) groups excluding carboxylic acids is 1. The first-order valence-electron chi connectivity index (χ1n) is 8.00. The molecule has 2 aromatic rings. The van der Waals surface area contributed by atoms with Gasteiger partial charge in [0.05, 0.1) is 5.75 Å². The Morgan fingerprint density at radius 3 is 2.46 bits per heavy atom. The largest absolute Gasteiger partial charge is 0.396 e. The summed E-state index contributed by atoms with van der Waals surface area (Å²) in [6.07, 6.45) is 1.47. The Balaban J connectivity index is 1.73. The predicted octanol–water partition coefficient (Wildman–Crippen LogP) is 3.59. The zero-order valence-corrected chi connectivity index (χ0v) is 14.3. The molecule has 0 fully saturated rings. The van der Waals surface area contributed by atoms with E-state index in [0.29, 0.717) is 18.7 Å². The van der Waals surface area contributed by atoms with E-state index in [1.807, 2.05) is 30.3 Å². The monoisotopic (exact) mass is 347 g/mol. The fourth-order valence-electron chi connectivity index (χ4n) is 2.48. The molecule has 0 spiro atoms. The van der Waals surface area contributed by atoms with Crippen LogP contribution in [-0.2, 0) is 4.79 Å². The highest BCUT2D eigenvalue weighted by Crippen LogP contribution is 2.22. The molecule has 0 aliphatic rings. The summed E-state index contributed by atoms with van der Waals surface area (Å²) in [7, 11) is 0. The fraction of sp³-hybridized carbons (Fsp3) is 0.316. The van der Waals surface area contributed by atoms with E-state index >= 15 is 0 Å². The third kappa shape index (κ3) is 6.34. The number of hydrogen-bond donors (Lipinski definition) is 2. The molecule has 24 heavy (non-hydrogen) atoms. The van der Waals surface area contributed by atoms with E-state index in [4.69, 9.17) is 0 Å². The van der Waals surface area contributed by atoms with E-state index in [0.717, 1.165) is 11.3 Å². The molecule has 2 aromatic carbocycles. The van der Waals surface area contributed by atoms with Gasteiger partial charge in [-0.05, 0) is 48.6 Å². The minimum atomic E-state index is -0.278. The lowest BCUT2D eigenvalue weighted by Crippen LogP contribution is -2.27. The molecule has 0 heterocycles. The molecule has 0 aliphatic heterocycles. The van der Waals surface area contributed by atoms with Crippen molar-refractivity contribution < 1.29 is 14.3 Å². The zero-order valence-electron chi connectivity index (χ0n) is 13.5. The van der Waals surface area contributed by atoms with Gasteiger partial charge in [0, 0.05) is 18.0 Å². The Morgan fingerprint density at radius 1 is 1.08 bits per heavy atom. The second kappa shape index (κ2) is 10.1. The van der Waals surface area contributed by atoms with Crippen LogP contribution in [0, 0.1) is 5.82 Å². The van der Waals surface area contributed by atoms with Gasteiger partial charge in [-0.3, -0.25) is 4.79 Å². The number of aliphatic hydroxyl groups excluding tert-OH is 1. The average molecular weight is 347 g/mol. The number of nitrogens with one attached hydrogen (secondary N) is 1. The van der Waals surface area contributed by atoms with Crippen LogP contribution >= 0.6 is 11.8 Å². The van der Waals surface area contributed by atoms with E-state index in [1.54, 1.807) is 12.1 Å². The van der Waals surface area contributed by atoms with Crippen LogP contribution in [0.15, 0.2) is 59.5 Å². The van der Waals surface area contributed by atoms with Crippen molar-refractivity contribution in [1.29, 1.82) is 0 Å². The molecule has 1 atom stereocenters. The third-order valence-corrected chi connectivity index (χ3v) is 4.76. The number of benzene rings is 2. The molecule has 128 valence electrons. The number of halogens is 1. The van der Waals surface area contributed by atoms with Crippen LogP contribution < -0.4 is 5.32 Å². The van der Waals surface area contributed by atoms with Crippen molar-refractivity contribution in [3.63, 3.8) is 0 Å². The van der Waals surface area contributed by atoms with E-state index in [9.17, 15) is 14.3 Å². The lowest BCUT2D eigenvalue weighted by atomic mass is 9.93. The second-order valence-corrected chi connectivity index (χ2v) is 6.55. The van der Waals surface area contributed by atoms with Gasteiger partial charge >= 0.3 is 0 Å². The molecule has 5 heteroatoms. The highest BCUT2D eigenvalue weighted by Gasteiger charge is 2.11. The Kier molecular flexibility index (Phi) is 7.79. The van der Waals surface area contributed by atoms with Crippen molar-refractivity contribution in [3.8, 4) is 0 Å². The molecule has 2 rings (SSSR count). The maximum Gasteiger partial charge on any atom is 0.230 e. The smallest absolute Gasteiger partial charge is 0.230 e. The first-order chi connectivity index (χ1) is 11.7. The normalized spacial score (nSPS) is 11.9. The van der Waals surface area contributed by atoms with Crippen molar-refractivity contribution >= 4 is 17.7 Å². The van der Waals surface area contributed by atoms with Crippen molar-refractivity contribution in [2.75, 3.05) is 18.9 Å². The molecule has 1 amide bonds. The molecule has 0 aliphatic carbocycles. The predicted molar refractivity (Wildman–Crippen MR) is 95.6 cm³/mol. The maximum absolute atomic E-state index is 12.8. The van der Waals surface area contributed by atoms with E-state index in [1.165, 1.54) is 29.5 Å². The van der Waals surface area contributed by atoms with Crippen molar-refractivity contribution in [2.45, 2.75) is 23.7 Å². The Bertz CT molecular complexity index is 619. The van der Waals surface area contributed by atoms with Gasteiger partial charge < -0.3 is 10.4 Å². The Hall–Kier alpha value is -1.85. The van der Waals surface area contributed by atoms with E-state index < -0.39 is 0 Å². The summed E-state index contributed by atoms with van der Waals surface area (Å²) in [5.74, 6) is 0.225. The summed E-state index contributed by atoms with van der Waals surface area (Å²) in [5, 5.41) is 12.1. The zero-order chi connectivity index (χ0) is 17.2. The number of carbonyl (C=O) groups is 1. The van der Waals surface area contributed by atoms with Crippen LogP contribution in [0.1, 0.15) is 24.3 Å². The molecule has 0 aromatic heterocycles. The SMILES string of the molecule is O=C(CSc1ccc(F)cc1)NCCC(CCO)c1ccccc1. The third-order valence-electron chi connectivity index (χ3n) is 3.75. The van der Waals surface area contributed by atoms with Gasteiger partial charge in [0.2, 0.25) is 5.91 Å². The van der Waals surface area contributed by atoms with Crippen LogP contribution in [-0.4, -0.2) is 29.9 Å². The highest BCUT2D eigenvalue weighted by molar-refractivity contribution is 8.00. The molecule has 1 unspecified atom stereocenters. The summed E-state index contributed by atoms with van der Waals surface area (Å²) < 4.78 is 12.8. The molecule has 0 bridgehead atoms. The van der Waals surface area contributed by atoms with Gasteiger partial charge in [0.15, 0.2) is 0 Å². The van der Waals surface area contributed by atoms with Gasteiger partial charge in [-0.25, -0.2) is 4.39 Å². The minimum absolute atomic E-state index is 0.0415. The average Bonchev–Trinajstić information content (AvgIpc) is 2.61. The standard InChI is InChI=1S/C19H22FNO2S/c20-17-6-8-18(9-7-17)24-14-19(23)21-12-10-16(11-13-22)15-4-2-1-3-5-15/h1-9,16,22H,10-14H2,(H,21,23). The van der Waals surface area contributed by atoms with Gasteiger partial charge in [0.25, 0.3) is 0 Å². The topological polar surface area (TPSA) is 49.3 Å². The summed E-state index contributed by atoms with van der Waals surface area (Å²) >= 11 is 1.38. The fourth-order valence-corrected chi connectivity index (χ4v) is 3.20. The Morgan fingerprint density at radius 2 is 1.79 bits per heavy atom. The van der Waals surface area contributed by atoms with Gasteiger partial charge in [-0.15, -0.1) is 11.8 Å². The molecule has 3 nitrogen and oxygen atoms in total. The minimum Gasteiger partial charge on any atom is -0.396 e. The first kappa shape index (κ1) is 18.5. The summed E-state index contributed by atoms with van der Waals surface area (Å²) in [5.41, 5.74) is 1.18. The number of amides is 1. The molecule has 0 saturated carbocycles. The van der Waals surface area contributed by atoms with Crippen molar-refractivity contribution in [3.05, 3.63) is 66.0 Å². The van der Waals surface area contributed by atoms with Gasteiger partial charge in [0.1, 0.15) is 5.82 Å². The summed E-state index contributed by atoms with van der Waals surface area (Å²) in [6, 6.07) is 16.1. The van der Waals surface area contributed by atoms with Crippen LogP contribution in [0.5, 0.6) is 0 Å². The van der Waals surface area contributed by atoms with Crippen molar-refractivity contribution in [2.24, 2.45) is 0 Å². The maximum atomic E-state index is 12.8. The van der Waals surface area contributed by atoms with Gasteiger partial charge in [-0.2, -0.15) is 0 Å². The number of aliphatic hydroxyl groups is 1. The molecule has 2 N–H and O–H groups in total. The summed E-state index contributed by atoms with van der Waals surface area (Å²) in [6.45, 7) is 0.705. The lowest BCUT2D eigenvalue weighted by Gasteiger charge is -2.16. The Labute approximate surface area is 146 Å². The van der Waals surface area contributed by atoms with E-state index in [2.05, 4.69) is 5.32 Å². The quantitative estimate of drug-likeness (QED) is 0.682. The molecular formula is C19H22FNO2S. The second-order valence-electron chi connectivity index (χ2n) is 5.50. The number of thioether (sulfide) groups is 1. The van der Waals surface area contributed by atoms with Gasteiger partial charge in [-0.1, -0.05) is 30.3 Å². The molecule has 0 saturated heterocycles. The highest BCUT2D eigenvalue weighted by atomic mass is 32.2. The van der Waals surface area contributed by atoms with Crippen molar-refractivity contribution in [1.82, 2.24) is 5.32 Å². The van der Waals surface area contributed by atoms with Crippen LogP contribution in [0.4, 0.5) is 4.39 Å². The van der Waals surface area contributed by atoms with E-state index in [-0.39, 0.29) is 24.2 Å². The molecule has 0 radical (unpaired) electrons. The summed E-state index contributed by atoms with van der Waals surface area (Å²) in [4.78, 5) is 12.8. The van der Waals surface area contributed by atoms with Crippen LogP contribution in [0.2, 0.25) is 0 Å². The van der Waals surface area contributed by atoms with Crippen LogP contribution in [0.25, 0.3) is 0 Å². The van der Waals surface area contributed by atoms with Crippen LogP contribution in [0.3, 0.4) is 0 Å². The number of hydrogen-bond acceptors (Lipinski definition) is 3. The lowest BCUT2D eigenvalue weighted by molar-refractivity contribution is -0.118.